The quantitative estimate of drug-likeness (QED) is 0.288. The molecule has 0 bridgehead atoms. The fraction of sp³-hybridized carbons (Fsp3) is 0.875. The number of azide groups is 1. The van der Waals surface area contributed by atoms with Gasteiger partial charge in [0.15, 0.2) is 0 Å². The second-order valence-corrected chi connectivity index (χ2v) is 3.39. The number of nitrogens with zero attached hydrogens (tertiary/aromatic N) is 3. The largest absolute Gasteiger partial charge is 0.469 e. The van der Waals surface area contributed by atoms with E-state index >= 15 is 0 Å². The molecule has 1 aliphatic rings. The van der Waals surface area contributed by atoms with Crippen molar-refractivity contribution in [2.24, 2.45) is 5.11 Å². The van der Waals surface area contributed by atoms with Gasteiger partial charge in [-0.2, -0.15) is 0 Å². The highest BCUT2D eigenvalue weighted by Crippen LogP contribution is 2.24. The number of esters is 1. The van der Waals surface area contributed by atoms with Crippen LogP contribution in [0, 0.1) is 0 Å². The van der Waals surface area contributed by atoms with E-state index in [0.717, 1.165) is 0 Å². The molecule has 8 heteroatoms. The molecule has 0 radical (unpaired) electrons. The van der Waals surface area contributed by atoms with Crippen LogP contribution in [0.15, 0.2) is 5.11 Å². The number of aliphatic hydroxyl groups excluding tert-OH is 2. The summed E-state index contributed by atoms with van der Waals surface area (Å²) in [4.78, 5) is 13.5. The number of carbonyl (C=O) groups is 1. The fourth-order valence-electron chi connectivity index (χ4n) is 1.51. The Morgan fingerprint density at radius 3 is 2.69 bits per heavy atom. The van der Waals surface area contributed by atoms with Gasteiger partial charge < -0.3 is 19.7 Å². The molecule has 0 aromatic carbocycles. The van der Waals surface area contributed by atoms with Crippen molar-refractivity contribution in [1.82, 2.24) is 0 Å². The normalized spacial score (nSPS) is 33.2. The number of carbonyl (C=O) groups excluding carboxylic acids is 1. The van der Waals surface area contributed by atoms with Gasteiger partial charge in [0.1, 0.15) is 12.2 Å². The van der Waals surface area contributed by atoms with E-state index in [4.69, 9.17) is 10.3 Å². The van der Waals surface area contributed by atoms with Gasteiger partial charge in [0.2, 0.25) is 0 Å². The van der Waals surface area contributed by atoms with Crippen molar-refractivity contribution < 1.29 is 24.5 Å². The van der Waals surface area contributed by atoms with E-state index in [0.29, 0.717) is 0 Å². The first-order chi connectivity index (χ1) is 7.60. The zero-order valence-corrected chi connectivity index (χ0v) is 8.68. The highest BCUT2D eigenvalue weighted by molar-refractivity contribution is 5.69. The summed E-state index contributed by atoms with van der Waals surface area (Å²) < 4.78 is 9.61. The lowest BCUT2D eigenvalue weighted by Crippen LogP contribution is -2.34. The van der Waals surface area contributed by atoms with Crippen molar-refractivity contribution in [2.75, 3.05) is 13.7 Å². The Kier molecular flexibility index (Phi) is 4.51. The molecule has 8 nitrogen and oxygen atoms in total. The Morgan fingerprint density at radius 1 is 1.50 bits per heavy atom. The van der Waals surface area contributed by atoms with E-state index in [9.17, 15) is 15.0 Å². The summed E-state index contributed by atoms with van der Waals surface area (Å²) in [6.07, 6.45) is -4.12. The van der Waals surface area contributed by atoms with Crippen LogP contribution in [0.3, 0.4) is 0 Å². The van der Waals surface area contributed by atoms with Crippen LogP contribution in [-0.4, -0.2) is 54.3 Å². The van der Waals surface area contributed by atoms with Crippen molar-refractivity contribution in [1.29, 1.82) is 0 Å². The van der Waals surface area contributed by atoms with Gasteiger partial charge in [-0.1, -0.05) is 5.11 Å². The lowest BCUT2D eigenvalue weighted by Gasteiger charge is -2.12. The summed E-state index contributed by atoms with van der Waals surface area (Å²) in [5.41, 5.74) is 8.11. The lowest BCUT2D eigenvalue weighted by atomic mass is 10.1. The van der Waals surface area contributed by atoms with Crippen molar-refractivity contribution >= 4 is 5.97 Å². The number of hydrogen-bond donors (Lipinski definition) is 2. The lowest BCUT2D eigenvalue weighted by molar-refractivity contribution is -0.144. The number of aliphatic hydroxyl groups is 2. The van der Waals surface area contributed by atoms with Crippen LogP contribution in [-0.2, 0) is 14.3 Å². The smallest absolute Gasteiger partial charge is 0.308 e. The standard InChI is InChI=1S/C8H13N3O5/c1-15-6(12)2-4-7(13)8(14)5(16-4)3-10-11-9/h4-5,7-8,13-14H,2-3H2,1H3/t4-,5+,7-,8+/m0/s1. The maximum atomic E-state index is 11.0. The summed E-state index contributed by atoms with van der Waals surface area (Å²) in [5.74, 6) is -0.541. The fourth-order valence-corrected chi connectivity index (χ4v) is 1.51. The Bertz CT molecular complexity index is 304. The van der Waals surface area contributed by atoms with Crippen LogP contribution in [0.1, 0.15) is 6.42 Å². The molecular formula is C8H13N3O5. The van der Waals surface area contributed by atoms with Crippen LogP contribution >= 0.6 is 0 Å². The molecule has 16 heavy (non-hydrogen) atoms. The molecule has 1 aliphatic heterocycles. The minimum atomic E-state index is -1.18. The van der Waals surface area contributed by atoms with Crippen LogP contribution in [0.25, 0.3) is 10.4 Å². The molecule has 1 heterocycles. The van der Waals surface area contributed by atoms with Crippen LogP contribution in [0.2, 0.25) is 0 Å². The second kappa shape index (κ2) is 5.66. The van der Waals surface area contributed by atoms with Crippen LogP contribution in [0.4, 0.5) is 0 Å². The summed E-state index contributed by atoms with van der Waals surface area (Å²) in [5, 5.41) is 22.3. The molecule has 1 fully saturated rings. The van der Waals surface area contributed by atoms with E-state index in [1.54, 1.807) is 0 Å². The average molecular weight is 231 g/mol. The van der Waals surface area contributed by atoms with E-state index in [1.807, 2.05) is 0 Å². The number of methoxy groups -OCH3 is 1. The highest BCUT2D eigenvalue weighted by Gasteiger charge is 2.43. The Balaban J connectivity index is 2.56. The highest BCUT2D eigenvalue weighted by atomic mass is 16.6. The number of ether oxygens (including phenoxy) is 2. The number of hydrogen-bond acceptors (Lipinski definition) is 6. The Morgan fingerprint density at radius 2 is 2.12 bits per heavy atom. The first-order valence-electron chi connectivity index (χ1n) is 4.69. The second-order valence-electron chi connectivity index (χ2n) is 3.39. The summed E-state index contributed by atoms with van der Waals surface area (Å²) >= 11 is 0. The van der Waals surface area contributed by atoms with Gasteiger partial charge in [0.05, 0.1) is 32.3 Å². The monoisotopic (exact) mass is 231 g/mol. The number of rotatable bonds is 4. The van der Waals surface area contributed by atoms with Gasteiger partial charge in [-0.3, -0.25) is 4.79 Å². The third kappa shape index (κ3) is 2.83. The van der Waals surface area contributed by atoms with Crippen LogP contribution < -0.4 is 0 Å². The molecule has 1 rings (SSSR count). The molecule has 4 atom stereocenters. The molecular weight excluding hydrogens is 218 g/mol. The zero-order valence-electron chi connectivity index (χ0n) is 8.68. The van der Waals surface area contributed by atoms with E-state index in [2.05, 4.69) is 14.8 Å². The molecule has 1 saturated heterocycles. The molecule has 0 spiro atoms. The molecule has 0 aromatic heterocycles. The average Bonchev–Trinajstić information content (AvgIpc) is 2.54. The topological polar surface area (TPSA) is 125 Å². The van der Waals surface area contributed by atoms with Crippen molar-refractivity contribution in [2.45, 2.75) is 30.8 Å². The maximum Gasteiger partial charge on any atom is 0.308 e. The van der Waals surface area contributed by atoms with Gasteiger partial charge in [-0.15, -0.1) is 0 Å². The van der Waals surface area contributed by atoms with E-state index in [1.165, 1.54) is 7.11 Å². The van der Waals surface area contributed by atoms with E-state index in [-0.39, 0.29) is 13.0 Å². The van der Waals surface area contributed by atoms with Gasteiger partial charge in [0, 0.05) is 4.91 Å². The third-order valence-corrected chi connectivity index (χ3v) is 2.38. The minimum absolute atomic E-state index is 0.0909. The summed E-state index contributed by atoms with van der Waals surface area (Å²) in [6, 6.07) is 0. The minimum Gasteiger partial charge on any atom is -0.469 e. The first kappa shape index (κ1) is 12.7. The summed E-state index contributed by atoms with van der Waals surface area (Å²) in [6.45, 7) is -0.0909. The predicted octanol–water partition coefficient (Wildman–Crippen LogP) is -0.651. The van der Waals surface area contributed by atoms with Crippen molar-refractivity contribution in [3.8, 4) is 0 Å². The molecule has 90 valence electrons. The maximum absolute atomic E-state index is 11.0. The third-order valence-electron chi connectivity index (χ3n) is 2.38. The molecule has 2 N–H and O–H groups in total. The first-order valence-corrected chi connectivity index (χ1v) is 4.69. The van der Waals surface area contributed by atoms with Gasteiger partial charge in [0.25, 0.3) is 0 Å². The molecule has 0 aromatic rings. The predicted molar refractivity (Wildman–Crippen MR) is 51.3 cm³/mol. The Hall–Kier alpha value is -1.34. The van der Waals surface area contributed by atoms with Crippen molar-refractivity contribution in [3.63, 3.8) is 0 Å². The molecule has 0 unspecified atom stereocenters. The zero-order chi connectivity index (χ0) is 12.1. The molecule has 0 aliphatic carbocycles. The molecule has 0 saturated carbocycles. The van der Waals surface area contributed by atoms with E-state index < -0.39 is 30.4 Å². The van der Waals surface area contributed by atoms with Gasteiger partial charge in [-0.25, -0.2) is 0 Å². The summed E-state index contributed by atoms with van der Waals surface area (Å²) in [7, 11) is 1.22. The van der Waals surface area contributed by atoms with Gasteiger partial charge >= 0.3 is 5.97 Å². The van der Waals surface area contributed by atoms with Crippen molar-refractivity contribution in [3.05, 3.63) is 10.4 Å². The molecule has 0 amide bonds. The Labute approximate surface area is 91.4 Å². The van der Waals surface area contributed by atoms with Crippen LogP contribution in [0.5, 0.6) is 0 Å². The SMILES string of the molecule is COC(=O)C[C@@H]1O[C@H](CN=[N+]=[N-])[C@@H](O)[C@H]1O. The van der Waals surface area contributed by atoms with Gasteiger partial charge in [-0.05, 0) is 5.53 Å².